The van der Waals surface area contributed by atoms with Crippen LogP contribution in [0.15, 0.2) is 70.5 Å². The third kappa shape index (κ3) is 5.89. The van der Waals surface area contributed by atoms with Gasteiger partial charge >= 0.3 is 0 Å². The van der Waals surface area contributed by atoms with Crippen molar-refractivity contribution >= 4 is 35.0 Å². The highest BCUT2D eigenvalue weighted by atomic mass is 35.5. The Morgan fingerprint density at radius 2 is 1.83 bits per heavy atom. The fraction of sp³-hybridized carbons (Fsp3) is 0.182. The van der Waals surface area contributed by atoms with E-state index in [1.165, 1.54) is 13.2 Å². The molecule has 1 aromatic heterocycles. The van der Waals surface area contributed by atoms with Gasteiger partial charge in [-0.25, -0.2) is 0 Å². The third-order valence-corrected chi connectivity index (χ3v) is 5.55. The molecule has 29 heavy (non-hydrogen) atoms. The number of aromatic nitrogens is 1. The Morgan fingerprint density at radius 3 is 2.48 bits per heavy atom. The number of thioether (sulfide) groups is 1. The van der Waals surface area contributed by atoms with Gasteiger partial charge in [-0.2, -0.15) is 0 Å². The molecule has 0 spiro atoms. The first-order valence-electron chi connectivity index (χ1n) is 8.97. The van der Waals surface area contributed by atoms with Crippen LogP contribution in [0, 0.1) is 6.92 Å². The molecule has 0 atom stereocenters. The monoisotopic (exact) mass is 428 g/mol. The molecule has 2 aromatic carbocycles. The van der Waals surface area contributed by atoms with Crippen LogP contribution in [-0.2, 0) is 17.1 Å². The fourth-order valence-corrected chi connectivity index (χ4v) is 3.72. The number of carbonyl (C=O) groups is 1. The molecule has 1 N–H and O–H groups in total. The smallest absolute Gasteiger partial charge is 0.244 e. The minimum atomic E-state index is -0.214. The molecule has 3 rings (SSSR count). The van der Waals surface area contributed by atoms with Crippen LogP contribution in [0.5, 0.6) is 5.75 Å². The normalized spacial score (nSPS) is 10.6. The molecule has 3 aromatic rings. The van der Waals surface area contributed by atoms with E-state index in [4.69, 9.17) is 16.3 Å². The lowest BCUT2D eigenvalue weighted by atomic mass is 10.2. The van der Waals surface area contributed by atoms with E-state index < -0.39 is 0 Å². The molecule has 0 saturated carbocycles. The van der Waals surface area contributed by atoms with Crippen LogP contribution in [0.1, 0.15) is 11.3 Å². The summed E-state index contributed by atoms with van der Waals surface area (Å²) in [6.45, 7) is 2.06. The molecule has 0 aliphatic rings. The van der Waals surface area contributed by atoms with Crippen molar-refractivity contribution in [1.29, 1.82) is 0 Å². The zero-order valence-corrected chi connectivity index (χ0v) is 17.7. The van der Waals surface area contributed by atoms with Gasteiger partial charge in [-0.05, 0) is 43.3 Å². The maximum absolute atomic E-state index is 12.5. The van der Waals surface area contributed by atoms with Crippen LogP contribution in [0.3, 0.4) is 0 Å². The SMILES string of the molecule is COc1cn(CC(=O)Nc2ccc(C)cc2)c(CSc2ccc(Cl)cc2)cc1=O. The topological polar surface area (TPSA) is 60.3 Å². The van der Waals surface area contributed by atoms with Gasteiger partial charge in [0.25, 0.3) is 0 Å². The van der Waals surface area contributed by atoms with Crippen molar-refractivity contribution in [2.45, 2.75) is 24.1 Å². The van der Waals surface area contributed by atoms with Crippen molar-refractivity contribution in [2.24, 2.45) is 0 Å². The number of aryl methyl sites for hydroxylation is 1. The lowest BCUT2D eigenvalue weighted by Gasteiger charge is -2.15. The van der Waals surface area contributed by atoms with Crippen LogP contribution in [-0.4, -0.2) is 17.6 Å². The zero-order valence-electron chi connectivity index (χ0n) is 16.1. The molecule has 1 amide bonds. The number of amides is 1. The standard InChI is InChI=1S/C22H21ClN2O3S/c1-15-3-7-17(8-4-15)24-22(27)13-25-12-21(28-2)20(26)11-18(25)14-29-19-9-5-16(23)6-10-19/h3-12H,13-14H2,1-2H3,(H,24,27). The zero-order chi connectivity index (χ0) is 20.8. The molecule has 0 aliphatic heterocycles. The average Bonchev–Trinajstić information content (AvgIpc) is 2.70. The number of benzene rings is 2. The number of methoxy groups -OCH3 is 1. The molecule has 150 valence electrons. The summed E-state index contributed by atoms with van der Waals surface area (Å²) in [6.07, 6.45) is 1.58. The van der Waals surface area contributed by atoms with Gasteiger partial charge in [0.2, 0.25) is 11.3 Å². The number of carbonyl (C=O) groups excluding carboxylic acids is 1. The van der Waals surface area contributed by atoms with E-state index in [0.717, 1.165) is 21.8 Å². The highest BCUT2D eigenvalue weighted by Gasteiger charge is 2.11. The molecule has 0 bridgehead atoms. The van der Waals surface area contributed by atoms with E-state index in [1.807, 2.05) is 55.5 Å². The Kier molecular flexibility index (Phi) is 7.01. The Bertz CT molecular complexity index is 1050. The first kappa shape index (κ1) is 21.0. The third-order valence-electron chi connectivity index (χ3n) is 4.25. The molecule has 0 unspecified atom stereocenters. The predicted octanol–water partition coefficient (Wildman–Crippen LogP) is 4.75. The number of nitrogens with one attached hydrogen (secondary N) is 1. The molecular weight excluding hydrogens is 408 g/mol. The number of nitrogens with zero attached hydrogens (tertiary/aromatic N) is 1. The molecular formula is C22H21ClN2O3S. The second-order valence-corrected chi connectivity index (χ2v) is 7.97. The Labute approximate surface area is 178 Å². The number of ether oxygens (including phenoxy) is 1. The molecule has 0 radical (unpaired) electrons. The predicted molar refractivity (Wildman–Crippen MR) is 118 cm³/mol. The van der Waals surface area contributed by atoms with Crippen LogP contribution < -0.4 is 15.5 Å². The average molecular weight is 429 g/mol. The van der Waals surface area contributed by atoms with E-state index in [0.29, 0.717) is 10.8 Å². The van der Waals surface area contributed by atoms with Gasteiger partial charge in [-0.3, -0.25) is 9.59 Å². The van der Waals surface area contributed by atoms with E-state index in [9.17, 15) is 9.59 Å². The van der Waals surface area contributed by atoms with Crippen LogP contribution in [0.25, 0.3) is 0 Å². The van der Waals surface area contributed by atoms with E-state index in [1.54, 1.807) is 22.5 Å². The summed E-state index contributed by atoms with van der Waals surface area (Å²) in [5.41, 5.74) is 2.37. The molecule has 7 heteroatoms. The second-order valence-electron chi connectivity index (χ2n) is 6.48. The molecule has 1 heterocycles. The molecule has 0 fully saturated rings. The molecule has 0 aliphatic carbocycles. The van der Waals surface area contributed by atoms with E-state index in [-0.39, 0.29) is 23.6 Å². The summed E-state index contributed by atoms with van der Waals surface area (Å²) >= 11 is 7.49. The summed E-state index contributed by atoms with van der Waals surface area (Å²) in [5.74, 6) is 0.546. The maximum Gasteiger partial charge on any atom is 0.244 e. The summed E-state index contributed by atoms with van der Waals surface area (Å²) in [7, 11) is 1.44. The Hall–Kier alpha value is -2.70. The first-order valence-corrected chi connectivity index (χ1v) is 10.3. The van der Waals surface area contributed by atoms with Crippen molar-refractivity contribution in [3.05, 3.63) is 87.3 Å². The van der Waals surface area contributed by atoms with Crippen LogP contribution >= 0.6 is 23.4 Å². The maximum atomic E-state index is 12.5. The van der Waals surface area contributed by atoms with Crippen molar-refractivity contribution in [1.82, 2.24) is 4.57 Å². The number of anilines is 1. The lowest BCUT2D eigenvalue weighted by molar-refractivity contribution is -0.116. The highest BCUT2D eigenvalue weighted by Crippen LogP contribution is 2.24. The van der Waals surface area contributed by atoms with Gasteiger partial charge in [-0.15, -0.1) is 11.8 Å². The van der Waals surface area contributed by atoms with Gasteiger partial charge in [0.15, 0.2) is 5.75 Å². The number of halogens is 1. The van der Waals surface area contributed by atoms with E-state index in [2.05, 4.69) is 5.32 Å². The minimum absolute atomic E-state index is 0.0705. The number of pyridine rings is 1. The van der Waals surface area contributed by atoms with Gasteiger partial charge in [0, 0.05) is 33.1 Å². The van der Waals surface area contributed by atoms with Gasteiger partial charge in [-0.1, -0.05) is 29.3 Å². The summed E-state index contributed by atoms with van der Waals surface area (Å²) in [5, 5.41) is 3.55. The van der Waals surface area contributed by atoms with Crippen molar-refractivity contribution < 1.29 is 9.53 Å². The van der Waals surface area contributed by atoms with Gasteiger partial charge < -0.3 is 14.6 Å². The summed E-state index contributed by atoms with van der Waals surface area (Å²) < 4.78 is 6.89. The Balaban J connectivity index is 1.77. The quantitative estimate of drug-likeness (QED) is 0.551. The van der Waals surface area contributed by atoms with Crippen molar-refractivity contribution in [3.8, 4) is 5.75 Å². The summed E-state index contributed by atoms with van der Waals surface area (Å²) in [4.78, 5) is 25.8. The van der Waals surface area contributed by atoms with Crippen LogP contribution in [0.2, 0.25) is 5.02 Å². The number of hydrogen-bond acceptors (Lipinski definition) is 4. The first-order chi connectivity index (χ1) is 13.9. The minimum Gasteiger partial charge on any atom is -0.491 e. The number of rotatable bonds is 7. The second kappa shape index (κ2) is 9.67. The highest BCUT2D eigenvalue weighted by molar-refractivity contribution is 7.98. The van der Waals surface area contributed by atoms with Crippen molar-refractivity contribution in [3.63, 3.8) is 0 Å². The van der Waals surface area contributed by atoms with E-state index >= 15 is 0 Å². The van der Waals surface area contributed by atoms with Crippen LogP contribution in [0.4, 0.5) is 5.69 Å². The molecule has 5 nitrogen and oxygen atoms in total. The lowest BCUT2D eigenvalue weighted by Crippen LogP contribution is -2.22. The Morgan fingerprint density at radius 1 is 1.14 bits per heavy atom. The molecule has 0 saturated heterocycles. The van der Waals surface area contributed by atoms with Gasteiger partial charge in [0.05, 0.1) is 13.3 Å². The summed E-state index contributed by atoms with van der Waals surface area (Å²) in [6, 6.07) is 16.6. The fourth-order valence-electron chi connectivity index (χ4n) is 2.70. The van der Waals surface area contributed by atoms with Crippen molar-refractivity contribution in [2.75, 3.05) is 12.4 Å². The largest absolute Gasteiger partial charge is 0.491 e. The van der Waals surface area contributed by atoms with Gasteiger partial charge in [0.1, 0.15) is 6.54 Å². The number of hydrogen-bond donors (Lipinski definition) is 1.